The fraction of sp³-hybridized carbons (Fsp3) is 0.429. The number of carbonyl (C=O) groups excluding carboxylic acids is 2. The zero-order valence-corrected chi connectivity index (χ0v) is 11.4. The summed E-state index contributed by atoms with van der Waals surface area (Å²) < 4.78 is 0. The largest absolute Gasteiger partial charge is 0.352 e. The van der Waals surface area contributed by atoms with Crippen LogP contribution in [0.4, 0.5) is 5.69 Å². The van der Waals surface area contributed by atoms with Crippen molar-refractivity contribution < 1.29 is 9.59 Å². The summed E-state index contributed by atoms with van der Waals surface area (Å²) in [5.74, 6) is 0.00846. The van der Waals surface area contributed by atoms with Gasteiger partial charge in [-0.15, -0.1) is 0 Å². The van der Waals surface area contributed by atoms with Crippen LogP contribution in [-0.4, -0.2) is 24.9 Å². The van der Waals surface area contributed by atoms with Gasteiger partial charge in [-0.05, 0) is 30.7 Å². The van der Waals surface area contributed by atoms with Gasteiger partial charge in [0, 0.05) is 24.2 Å². The number of carbonyl (C=O) groups is 2. The number of nitrogens with one attached hydrogen (secondary N) is 2. The first kappa shape index (κ1) is 15.2. The van der Waals surface area contributed by atoms with Gasteiger partial charge in [-0.1, -0.05) is 19.9 Å². The second-order valence-electron chi connectivity index (χ2n) is 4.53. The zero-order valence-electron chi connectivity index (χ0n) is 11.4. The van der Waals surface area contributed by atoms with Crippen molar-refractivity contribution in [1.82, 2.24) is 5.32 Å². The Morgan fingerprint density at radius 1 is 1.37 bits per heavy atom. The maximum Gasteiger partial charge on any atom is 0.251 e. The van der Waals surface area contributed by atoms with Gasteiger partial charge >= 0.3 is 0 Å². The van der Waals surface area contributed by atoms with Crippen LogP contribution in [0.15, 0.2) is 24.3 Å². The minimum atomic E-state index is -0.159. The Bertz CT molecular complexity index is 446. The highest BCUT2D eigenvalue weighted by atomic mass is 16.2. The van der Waals surface area contributed by atoms with Crippen molar-refractivity contribution in [3.8, 4) is 0 Å². The molecule has 1 rings (SSSR count). The lowest BCUT2D eigenvalue weighted by molar-refractivity contribution is -0.115. The Morgan fingerprint density at radius 2 is 2.11 bits per heavy atom. The number of amides is 2. The van der Waals surface area contributed by atoms with Crippen molar-refractivity contribution in [3.05, 3.63) is 29.8 Å². The van der Waals surface area contributed by atoms with E-state index in [0.29, 0.717) is 30.8 Å². The molecule has 0 bridgehead atoms. The summed E-state index contributed by atoms with van der Waals surface area (Å²) in [5, 5.41) is 5.54. The van der Waals surface area contributed by atoms with E-state index in [9.17, 15) is 9.59 Å². The molecule has 19 heavy (non-hydrogen) atoms. The minimum absolute atomic E-state index is 0.0747. The SMILES string of the molecule is CCC(=O)Nc1cccc(C(=O)NCC(C)CN)c1. The first-order valence-corrected chi connectivity index (χ1v) is 6.45. The highest BCUT2D eigenvalue weighted by Crippen LogP contribution is 2.11. The smallest absolute Gasteiger partial charge is 0.251 e. The van der Waals surface area contributed by atoms with Crippen molar-refractivity contribution in [2.24, 2.45) is 11.7 Å². The van der Waals surface area contributed by atoms with Crippen LogP contribution in [0, 0.1) is 5.92 Å². The molecule has 0 aliphatic heterocycles. The van der Waals surface area contributed by atoms with Crippen LogP contribution in [0.3, 0.4) is 0 Å². The van der Waals surface area contributed by atoms with Crippen LogP contribution >= 0.6 is 0 Å². The van der Waals surface area contributed by atoms with Crippen molar-refractivity contribution >= 4 is 17.5 Å². The molecule has 2 amide bonds. The Labute approximate surface area is 113 Å². The standard InChI is InChI=1S/C14H21N3O2/c1-3-13(18)17-12-6-4-5-11(7-12)14(19)16-9-10(2)8-15/h4-7,10H,3,8-9,15H2,1-2H3,(H,16,19)(H,17,18). The van der Waals surface area contributed by atoms with Gasteiger partial charge in [-0.25, -0.2) is 0 Å². The molecule has 0 saturated carbocycles. The van der Waals surface area contributed by atoms with Crippen LogP contribution in [0.2, 0.25) is 0 Å². The number of hydrogen-bond acceptors (Lipinski definition) is 3. The average Bonchev–Trinajstić information content (AvgIpc) is 2.44. The molecule has 1 unspecified atom stereocenters. The van der Waals surface area contributed by atoms with Gasteiger partial charge < -0.3 is 16.4 Å². The minimum Gasteiger partial charge on any atom is -0.352 e. The Hall–Kier alpha value is -1.88. The second-order valence-corrected chi connectivity index (χ2v) is 4.53. The van der Waals surface area contributed by atoms with Gasteiger partial charge in [0.05, 0.1) is 0 Å². The van der Waals surface area contributed by atoms with Crippen molar-refractivity contribution in [3.63, 3.8) is 0 Å². The van der Waals surface area contributed by atoms with Gasteiger partial charge in [0.15, 0.2) is 0 Å². The van der Waals surface area contributed by atoms with E-state index in [1.807, 2.05) is 6.92 Å². The molecule has 4 N–H and O–H groups in total. The number of anilines is 1. The number of hydrogen-bond donors (Lipinski definition) is 3. The van der Waals surface area contributed by atoms with E-state index in [0.717, 1.165) is 0 Å². The van der Waals surface area contributed by atoms with E-state index in [4.69, 9.17) is 5.73 Å². The molecule has 0 radical (unpaired) electrons. The predicted molar refractivity (Wildman–Crippen MR) is 75.9 cm³/mol. The van der Waals surface area contributed by atoms with Gasteiger partial charge in [-0.3, -0.25) is 9.59 Å². The molecule has 5 nitrogen and oxygen atoms in total. The number of benzene rings is 1. The Balaban J connectivity index is 2.65. The van der Waals surface area contributed by atoms with Crippen LogP contribution in [-0.2, 0) is 4.79 Å². The Kier molecular flexibility index (Phi) is 6.02. The zero-order chi connectivity index (χ0) is 14.3. The molecule has 0 saturated heterocycles. The summed E-state index contributed by atoms with van der Waals surface area (Å²) in [7, 11) is 0. The van der Waals surface area contributed by atoms with Gasteiger partial charge in [-0.2, -0.15) is 0 Å². The highest BCUT2D eigenvalue weighted by Gasteiger charge is 2.08. The van der Waals surface area contributed by atoms with Crippen LogP contribution in [0.25, 0.3) is 0 Å². The van der Waals surface area contributed by atoms with Crippen molar-refractivity contribution in [1.29, 1.82) is 0 Å². The number of nitrogens with two attached hydrogens (primary N) is 1. The van der Waals surface area contributed by atoms with Crippen LogP contribution in [0.1, 0.15) is 30.6 Å². The molecule has 1 aromatic carbocycles. The fourth-order valence-corrected chi connectivity index (χ4v) is 1.44. The van der Waals surface area contributed by atoms with Gasteiger partial charge in [0.2, 0.25) is 5.91 Å². The van der Waals surface area contributed by atoms with Gasteiger partial charge in [0.25, 0.3) is 5.91 Å². The lowest BCUT2D eigenvalue weighted by Crippen LogP contribution is -2.31. The third kappa shape index (κ3) is 5.09. The molecule has 0 spiro atoms. The first-order valence-electron chi connectivity index (χ1n) is 6.45. The molecule has 0 fully saturated rings. The lowest BCUT2D eigenvalue weighted by atomic mass is 10.1. The quantitative estimate of drug-likeness (QED) is 0.724. The van der Waals surface area contributed by atoms with Gasteiger partial charge in [0.1, 0.15) is 0 Å². The van der Waals surface area contributed by atoms with E-state index in [2.05, 4.69) is 10.6 Å². The summed E-state index contributed by atoms with van der Waals surface area (Å²) >= 11 is 0. The second kappa shape index (κ2) is 7.53. The molecule has 1 atom stereocenters. The first-order chi connectivity index (χ1) is 9.06. The predicted octanol–water partition coefficient (Wildman–Crippen LogP) is 1.36. The maximum absolute atomic E-state index is 11.9. The van der Waals surface area contributed by atoms with Crippen LogP contribution < -0.4 is 16.4 Å². The summed E-state index contributed by atoms with van der Waals surface area (Å²) in [5.41, 5.74) is 6.65. The monoisotopic (exact) mass is 263 g/mol. The maximum atomic E-state index is 11.9. The summed E-state index contributed by atoms with van der Waals surface area (Å²) in [6.45, 7) is 4.83. The molecule has 104 valence electrons. The lowest BCUT2D eigenvalue weighted by Gasteiger charge is -2.11. The molecule has 5 heteroatoms. The molecule has 0 aliphatic rings. The summed E-state index contributed by atoms with van der Waals surface area (Å²) in [6.07, 6.45) is 0.407. The van der Waals surface area contributed by atoms with Crippen LogP contribution in [0.5, 0.6) is 0 Å². The third-order valence-corrected chi connectivity index (χ3v) is 2.74. The van der Waals surface area contributed by atoms with Crippen molar-refractivity contribution in [2.75, 3.05) is 18.4 Å². The molecular formula is C14H21N3O2. The van der Waals surface area contributed by atoms with E-state index in [1.165, 1.54) is 0 Å². The van der Waals surface area contributed by atoms with Crippen molar-refractivity contribution in [2.45, 2.75) is 20.3 Å². The number of rotatable bonds is 6. The fourth-order valence-electron chi connectivity index (χ4n) is 1.44. The normalized spacial score (nSPS) is 11.7. The average molecular weight is 263 g/mol. The summed E-state index contributed by atoms with van der Waals surface area (Å²) in [6, 6.07) is 6.87. The highest BCUT2D eigenvalue weighted by molar-refractivity contribution is 5.97. The van der Waals surface area contributed by atoms with E-state index in [1.54, 1.807) is 31.2 Å². The summed E-state index contributed by atoms with van der Waals surface area (Å²) in [4.78, 5) is 23.2. The molecular weight excluding hydrogens is 242 g/mol. The molecule has 0 heterocycles. The molecule has 0 aliphatic carbocycles. The third-order valence-electron chi connectivity index (χ3n) is 2.74. The Morgan fingerprint density at radius 3 is 2.74 bits per heavy atom. The van der Waals surface area contributed by atoms with E-state index < -0.39 is 0 Å². The van der Waals surface area contributed by atoms with E-state index in [-0.39, 0.29) is 17.7 Å². The topological polar surface area (TPSA) is 84.2 Å². The molecule has 1 aromatic rings. The van der Waals surface area contributed by atoms with E-state index >= 15 is 0 Å². The molecule has 0 aromatic heterocycles.